The minimum atomic E-state index is -0.949. The van der Waals surface area contributed by atoms with Crippen LogP contribution in [0.15, 0.2) is 73.8 Å². The van der Waals surface area contributed by atoms with Gasteiger partial charge in [-0.3, -0.25) is 9.59 Å². The number of nitrogens with one attached hydrogen (secondary N) is 1. The summed E-state index contributed by atoms with van der Waals surface area (Å²) in [6.07, 6.45) is 6.75. The number of ether oxygens (including phenoxy) is 2. The first kappa shape index (κ1) is 34.9. The first-order valence-electron chi connectivity index (χ1n) is 17.1. The number of carbonyl (C=O) groups is 4. The van der Waals surface area contributed by atoms with Gasteiger partial charge < -0.3 is 29.7 Å². The van der Waals surface area contributed by atoms with Gasteiger partial charge in [0.1, 0.15) is 19.3 Å². The summed E-state index contributed by atoms with van der Waals surface area (Å²) < 4.78 is 11.4. The van der Waals surface area contributed by atoms with Crippen molar-refractivity contribution < 1.29 is 33.8 Å². The lowest BCUT2D eigenvalue weighted by molar-refractivity contribution is -0.151. The summed E-state index contributed by atoms with van der Waals surface area (Å²) in [6, 6.07) is 14.7. The van der Waals surface area contributed by atoms with E-state index < -0.39 is 24.0 Å². The third-order valence-corrected chi connectivity index (χ3v) is 9.79. The zero-order valence-electron chi connectivity index (χ0n) is 27.6. The van der Waals surface area contributed by atoms with Crippen LogP contribution in [0.4, 0.5) is 4.79 Å². The number of nitrogens with zero attached hydrogens (tertiary/aromatic N) is 2. The van der Waals surface area contributed by atoms with Crippen LogP contribution in [0, 0.1) is 5.92 Å². The third kappa shape index (κ3) is 7.98. The Labute approximate surface area is 282 Å². The van der Waals surface area contributed by atoms with E-state index in [0.29, 0.717) is 32.4 Å². The smallest absolute Gasteiger partial charge is 0.407 e. The van der Waals surface area contributed by atoms with Crippen molar-refractivity contribution in [3.05, 3.63) is 85.0 Å². The average Bonchev–Trinajstić information content (AvgIpc) is 3.85. The van der Waals surface area contributed by atoms with Crippen molar-refractivity contribution in [2.24, 2.45) is 5.92 Å². The number of rotatable bonds is 15. The molecule has 2 aromatic carbocycles. The van der Waals surface area contributed by atoms with Crippen LogP contribution in [0.5, 0.6) is 0 Å². The van der Waals surface area contributed by atoms with E-state index in [4.69, 9.17) is 9.47 Å². The largest absolute Gasteiger partial charge is 0.462 e. The number of esters is 1. The van der Waals surface area contributed by atoms with E-state index in [9.17, 15) is 24.3 Å². The molecule has 0 radical (unpaired) electrons. The molecule has 10 nitrogen and oxygen atoms in total. The number of aliphatic hydroxyl groups is 1. The van der Waals surface area contributed by atoms with Crippen LogP contribution in [-0.2, 0) is 23.9 Å². The number of likely N-dealkylation sites (tertiary alicyclic amines) is 2. The van der Waals surface area contributed by atoms with Gasteiger partial charge in [0.05, 0.1) is 24.6 Å². The molecule has 10 heteroatoms. The Kier molecular flexibility index (Phi) is 12.1. The van der Waals surface area contributed by atoms with Crippen LogP contribution < -0.4 is 5.32 Å². The van der Waals surface area contributed by atoms with Crippen LogP contribution in [-0.4, -0.2) is 89.8 Å². The van der Waals surface area contributed by atoms with Gasteiger partial charge in [-0.1, -0.05) is 60.7 Å². The summed E-state index contributed by atoms with van der Waals surface area (Å²) in [7, 11) is 0. The Morgan fingerprint density at radius 3 is 2.17 bits per heavy atom. The maximum Gasteiger partial charge on any atom is 0.407 e. The fourth-order valence-electron chi connectivity index (χ4n) is 7.28. The Hall–Kier alpha value is -4.44. The molecule has 0 unspecified atom stereocenters. The van der Waals surface area contributed by atoms with Gasteiger partial charge in [-0.15, -0.1) is 13.2 Å². The van der Waals surface area contributed by atoms with Gasteiger partial charge in [-0.25, -0.2) is 9.59 Å². The Bertz CT molecular complexity index is 1450. The first-order valence-corrected chi connectivity index (χ1v) is 17.1. The number of benzene rings is 2. The van der Waals surface area contributed by atoms with Gasteiger partial charge in [-0.05, 0) is 67.2 Å². The molecule has 0 spiro atoms. The molecule has 48 heavy (non-hydrogen) atoms. The number of hydrogen-bond acceptors (Lipinski definition) is 7. The third-order valence-electron chi connectivity index (χ3n) is 9.79. The molecule has 4 atom stereocenters. The highest BCUT2D eigenvalue weighted by atomic mass is 16.6. The second-order valence-corrected chi connectivity index (χ2v) is 12.8. The Morgan fingerprint density at radius 1 is 0.875 bits per heavy atom. The SMILES string of the molecule is C=CCC[C@H](NC(=O)OCC1c2ccccc2-c2ccccc21)C(=O)OC[C@@H]1CCCN1C(=O)[C@H](CC=C)CC(=O)N1CCC[C@H]1CO. The van der Waals surface area contributed by atoms with Crippen LogP contribution in [0.25, 0.3) is 11.1 Å². The van der Waals surface area contributed by atoms with E-state index >= 15 is 0 Å². The molecule has 1 aliphatic carbocycles. The second kappa shape index (κ2) is 16.6. The summed E-state index contributed by atoms with van der Waals surface area (Å²) >= 11 is 0. The first-order chi connectivity index (χ1) is 23.4. The highest BCUT2D eigenvalue weighted by Crippen LogP contribution is 2.44. The molecule has 2 aromatic rings. The van der Waals surface area contributed by atoms with Crippen molar-refractivity contribution >= 4 is 23.9 Å². The van der Waals surface area contributed by atoms with Gasteiger partial charge in [0, 0.05) is 25.4 Å². The number of alkyl carbamates (subject to hydrolysis) is 1. The fraction of sp³-hybridized carbons (Fsp3) is 0.474. The summed E-state index contributed by atoms with van der Waals surface area (Å²) in [6.45, 7) is 8.63. The van der Waals surface area contributed by atoms with E-state index in [1.54, 1.807) is 22.0 Å². The van der Waals surface area contributed by atoms with Crippen LogP contribution in [0.1, 0.15) is 68.4 Å². The molecule has 2 fully saturated rings. The van der Waals surface area contributed by atoms with Crippen LogP contribution in [0.2, 0.25) is 0 Å². The molecule has 3 aliphatic rings. The molecule has 2 N–H and O–H groups in total. The zero-order valence-corrected chi connectivity index (χ0v) is 27.6. The molecule has 0 aromatic heterocycles. The van der Waals surface area contributed by atoms with Crippen LogP contribution >= 0.6 is 0 Å². The normalized spacial score (nSPS) is 19.6. The highest BCUT2D eigenvalue weighted by molar-refractivity contribution is 5.87. The molecule has 2 aliphatic heterocycles. The minimum absolute atomic E-state index is 0.0188. The van der Waals surface area contributed by atoms with E-state index in [1.807, 2.05) is 36.4 Å². The molecule has 3 amide bonds. The van der Waals surface area contributed by atoms with Gasteiger partial charge >= 0.3 is 12.1 Å². The van der Waals surface area contributed by atoms with E-state index in [0.717, 1.165) is 41.5 Å². The van der Waals surface area contributed by atoms with Crippen molar-refractivity contribution in [2.75, 3.05) is 32.9 Å². The number of amides is 3. The molecule has 0 saturated carbocycles. The lowest BCUT2D eigenvalue weighted by Gasteiger charge is -2.30. The summed E-state index contributed by atoms with van der Waals surface area (Å²) in [5, 5.41) is 12.3. The number of carbonyl (C=O) groups excluding carboxylic acids is 4. The van der Waals surface area contributed by atoms with Crippen molar-refractivity contribution in [3.8, 4) is 11.1 Å². The number of fused-ring (bicyclic) bond motifs is 3. The summed E-state index contributed by atoms with van der Waals surface area (Å²) in [4.78, 5) is 56.4. The monoisotopic (exact) mass is 657 g/mol. The van der Waals surface area contributed by atoms with Gasteiger partial charge in [0.15, 0.2) is 0 Å². The Morgan fingerprint density at radius 2 is 1.52 bits per heavy atom. The number of aliphatic hydroxyl groups excluding tert-OH is 1. The van der Waals surface area contributed by atoms with Crippen LogP contribution in [0.3, 0.4) is 0 Å². The van der Waals surface area contributed by atoms with Crippen molar-refractivity contribution in [2.45, 2.75) is 75.4 Å². The molecule has 2 heterocycles. The van der Waals surface area contributed by atoms with Gasteiger partial charge in [-0.2, -0.15) is 0 Å². The molecule has 0 bridgehead atoms. The maximum atomic E-state index is 13.7. The second-order valence-electron chi connectivity index (χ2n) is 12.8. The molecule has 2 saturated heterocycles. The molecular formula is C38H47N3O7. The predicted molar refractivity (Wildman–Crippen MR) is 182 cm³/mol. The minimum Gasteiger partial charge on any atom is -0.462 e. The highest BCUT2D eigenvalue weighted by Gasteiger charge is 2.37. The standard InChI is InChI=1S/C38H47N3O7/c1-3-5-19-34(39-38(46)48-25-33-31-17-8-6-15-29(31)30-16-7-9-18-32(30)33)37(45)47-24-28-14-11-21-41(28)36(44)26(12-4-2)22-35(43)40-20-10-13-27(40)23-42/h3-4,6-9,15-18,26-28,33-34,42H,1-2,5,10-14,19-25H2,(H,39,46)/t26-,27+,28+,34+/m1/s1. The summed E-state index contributed by atoms with van der Waals surface area (Å²) in [5.41, 5.74) is 4.43. The zero-order chi connectivity index (χ0) is 34.0. The number of hydrogen-bond donors (Lipinski definition) is 2. The number of allylic oxidation sites excluding steroid dienone is 2. The lowest BCUT2D eigenvalue weighted by atomic mass is 9.98. The van der Waals surface area contributed by atoms with E-state index in [2.05, 4.69) is 30.6 Å². The van der Waals surface area contributed by atoms with E-state index in [1.165, 1.54) is 0 Å². The predicted octanol–water partition coefficient (Wildman–Crippen LogP) is 4.96. The molecular weight excluding hydrogens is 610 g/mol. The van der Waals surface area contributed by atoms with E-state index in [-0.39, 0.29) is 62.5 Å². The summed E-state index contributed by atoms with van der Waals surface area (Å²) in [5.74, 6) is -1.60. The maximum absolute atomic E-state index is 13.7. The molecule has 256 valence electrons. The van der Waals surface area contributed by atoms with Crippen molar-refractivity contribution in [3.63, 3.8) is 0 Å². The topological polar surface area (TPSA) is 125 Å². The van der Waals surface area contributed by atoms with Crippen molar-refractivity contribution in [1.29, 1.82) is 0 Å². The lowest BCUT2D eigenvalue weighted by Crippen LogP contribution is -2.46. The van der Waals surface area contributed by atoms with Gasteiger partial charge in [0.25, 0.3) is 0 Å². The van der Waals surface area contributed by atoms with Crippen molar-refractivity contribution in [1.82, 2.24) is 15.1 Å². The average molecular weight is 658 g/mol. The molecule has 5 rings (SSSR count). The fourth-order valence-corrected chi connectivity index (χ4v) is 7.28. The van der Waals surface area contributed by atoms with Gasteiger partial charge in [0.2, 0.25) is 11.8 Å². The Balaban J connectivity index is 1.16. The quantitative estimate of drug-likeness (QED) is 0.205.